The zero-order chi connectivity index (χ0) is 13.4. The number of halogens is 1. The molecule has 18 heavy (non-hydrogen) atoms. The first kappa shape index (κ1) is 13.2. The topological polar surface area (TPSA) is 35.1 Å². The van der Waals surface area contributed by atoms with Crippen molar-refractivity contribution >= 4 is 22.7 Å². The van der Waals surface area contributed by atoms with Gasteiger partial charge >= 0.3 is 5.76 Å². The van der Waals surface area contributed by atoms with E-state index in [1.54, 1.807) is 7.05 Å². The molecule has 98 valence electrons. The van der Waals surface area contributed by atoms with E-state index in [0.717, 1.165) is 11.1 Å². The minimum Gasteiger partial charge on any atom is -0.408 e. The van der Waals surface area contributed by atoms with Crippen molar-refractivity contribution in [3.05, 3.63) is 34.3 Å². The standard InChI is InChI=1S/C14H18ClNO2/c1-8(2)9(3)13(15)10-5-6-11-12(7-10)18-14(17)16(11)4/h5-9,13H,1-4H3. The van der Waals surface area contributed by atoms with E-state index in [0.29, 0.717) is 17.4 Å². The van der Waals surface area contributed by atoms with Crippen molar-refractivity contribution in [2.24, 2.45) is 18.9 Å². The number of aromatic nitrogens is 1. The van der Waals surface area contributed by atoms with Gasteiger partial charge in [-0.15, -0.1) is 11.6 Å². The fourth-order valence-corrected chi connectivity index (χ4v) is 2.39. The lowest BCUT2D eigenvalue weighted by Gasteiger charge is -2.21. The van der Waals surface area contributed by atoms with E-state index in [4.69, 9.17) is 16.0 Å². The summed E-state index contributed by atoms with van der Waals surface area (Å²) in [6, 6.07) is 5.72. The molecule has 3 nitrogen and oxygen atoms in total. The number of alkyl halides is 1. The van der Waals surface area contributed by atoms with Crippen LogP contribution in [0.2, 0.25) is 0 Å². The van der Waals surface area contributed by atoms with Crippen molar-refractivity contribution in [2.75, 3.05) is 0 Å². The molecule has 1 aromatic heterocycles. The van der Waals surface area contributed by atoms with Crippen LogP contribution in [0.3, 0.4) is 0 Å². The van der Waals surface area contributed by atoms with Crippen LogP contribution in [-0.4, -0.2) is 4.57 Å². The molecule has 0 fully saturated rings. The summed E-state index contributed by atoms with van der Waals surface area (Å²) in [4.78, 5) is 11.4. The Balaban J connectivity index is 2.44. The predicted octanol–water partition coefficient (Wildman–Crippen LogP) is 3.70. The molecule has 2 unspecified atom stereocenters. The van der Waals surface area contributed by atoms with Gasteiger partial charge < -0.3 is 4.42 Å². The number of nitrogens with zero attached hydrogens (tertiary/aromatic N) is 1. The summed E-state index contributed by atoms with van der Waals surface area (Å²) in [6.45, 7) is 6.44. The summed E-state index contributed by atoms with van der Waals surface area (Å²) >= 11 is 6.47. The van der Waals surface area contributed by atoms with E-state index < -0.39 is 0 Å². The number of aryl methyl sites for hydroxylation is 1. The van der Waals surface area contributed by atoms with Crippen LogP contribution < -0.4 is 5.76 Å². The van der Waals surface area contributed by atoms with Gasteiger partial charge in [0, 0.05) is 7.05 Å². The quantitative estimate of drug-likeness (QED) is 0.795. The lowest BCUT2D eigenvalue weighted by atomic mass is 9.90. The van der Waals surface area contributed by atoms with Crippen LogP contribution in [0.25, 0.3) is 11.1 Å². The molecule has 0 saturated carbocycles. The van der Waals surface area contributed by atoms with Crippen molar-refractivity contribution < 1.29 is 4.42 Å². The molecule has 1 aromatic carbocycles. The third kappa shape index (κ3) is 2.19. The average molecular weight is 268 g/mol. The third-order valence-electron chi connectivity index (χ3n) is 3.65. The van der Waals surface area contributed by atoms with E-state index in [1.807, 2.05) is 18.2 Å². The molecule has 0 aliphatic heterocycles. The fourth-order valence-electron chi connectivity index (χ4n) is 1.96. The van der Waals surface area contributed by atoms with E-state index in [1.165, 1.54) is 4.57 Å². The van der Waals surface area contributed by atoms with Crippen LogP contribution in [0, 0.1) is 11.8 Å². The molecule has 0 radical (unpaired) electrons. The normalized spacial score (nSPS) is 15.2. The van der Waals surface area contributed by atoms with Gasteiger partial charge in [-0.1, -0.05) is 26.8 Å². The van der Waals surface area contributed by atoms with Gasteiger partial charge in [0.05, 0.1) is 10.9 Å². The molecule has 0 aliphatic carbocycles. The van der Waals surface area contributed by atoms with Crippen molar-refractivity contribution in [3.8, 4) is 0 Å². The van der Waals surface area contributed by atoms with Crippen LogP contribution in [0.1, 0.15) is 31.7 Å². The minimum absolute atomic E-state index is 0.0695. The van der Waals surface area contributed by atoms with Gasteiger partial charge in [0.1, 0.15) is 0 Å². The zero-order valence-electron chi connectivity index (χ0n) is 11.1. The predicted molar refractivity (Wildman–Crippen MR) is 74.1 cm³/mol. The zero-order valence-corrected chi connectivity index (χ0v) is 11.9. The summed E-state index contributed by atoms with van der Waals surface area (Å²) in [5.41, 5.74) is 2.39. The molecule has 2 atom stereocenters. The third-order valence-corrected chi connectivity index (χ3v) is 4.30. The van der Waals surface area contributed by atoms with Crippen LogP contribution in [0.5, 0.6) is 0 Å². The average Bonchev–Trinajstić information content (AvgIpc) is 2.62. The number of fused-ring (bicyclic) bond motifs is 1. The Labute approximate surface area is 111 Å². The van der Waals surface area contributed by atoms with E-state index in [9.17, 15) is 4.79 Å². The highest BCUT2D eigenvalue weighted by Crippen LogP contribution is 2.34. The lowest BCUT2D eigenvalue weighted by Crippen LogP contribution is -2.10. The Bertz CT molecular complexity index is 612. The van der Waals surface area contributed by atoms with E-state index >= 15 is 0 Å². The molecule has 0 bridgehead atoms. The largest absolute Gasteiger partial charge is 0.419 e. The van der Waals surface area contributed by atoms with Crippen molar-refractivity contribution in [2.45, 2.75) is 26.1 Å². The highest BCUT2D eigenvalue weighted by molar-refractivity contribution is 6.21. The van der Waals surface area contributed by atoms with Crippen LogP contribution in [0.4, 0.5) is 0 Å². The maximum atomic E-state index is 11.4. The van der Waals surface area contributed by atoms with Crippen molar-refractivity contribution in [1.82, 2.24) is 4.57 Å². The van der Waals surface area contributed by atoms with Gasteiger partial charge in [0.2, 0.25) is 0 Å². The molecule has 0 amide bonds. The fraction of sp³-hybridized carbons (Fsp3) is 0.500. The molecule has 0 N–H and O–H groups in total. The summed E-state index contributed by atoms with van der Waals surface area (Å²) in [7, 11) is 1.70. The summed E-state index contributed by atoms with van der Waals surface area (Å²) in [5.74, 6) is 0.524. The smallest absolute Gasteiger partial charge is 0.408 e. The Morgan fingerprint density at radius 3 is 2.56 bits per heavy atom. The number of rotatable bonds is 3. The van der Waals surface area contributed by atoms with Gasteiger partial charge in [-0.3, -0.25) is 4.57 Å². The Morgan fingerprint density at radius 2 is 1.94 bits per heavy atom. The second-order valence-electron chi connectivity index (χ2n) is 5.16. The van der Waals surface area contributed by atoms with Crippen LogP contribution in [0.15, 0.2) is 27.4 Å². The summed E-state index contributed by atoms with van der Waals surface area (Å²) < 4.78 is 6.67. The molecule has 2 aromatic rings. The number of hydrogen-bond acceptors (Lipinski definition) is 2. The van der Waals surface area contributed by atoms with Gasteiger partial charge in [0.25, 0.3) is 0 Å². The number of hydrogen-bond donors (Lipinski definition) is 0. The Morgan fingerprint density at radius 1 is 1.28 bits per heavy atom. The summed E-state index contributed by atoms with van der Waals surface area (Å²) in [6.07, 6.45) is 0. The van der Waals surface area contributed by atoms with Gasteiger partial charge in [-0.25, -0.2) is 4.79 Å². The Kier molecular flexibility index (Phi) is 3.53. The van der Waals surface area contributed by atoms with Crippen molar-refractivity contribution in [1.29, 1.82) is 0 Å². The van der Waals surface area contributed by atoms with Gasteiger partial charge in [-0.2, -0.15) is 0 Å². The van der Waals surface area contributed by atoms with Crippen LogP contribution >= 0.6 is 11.6 Å². The molecule has 1 heterocycles. The first-order chi connectivity index (χ1) is 8.41. The first-order valence-corrected chi connectivity index (χ1v) is 6.59. The maximum absolute atomic E-state index is 11.4. The minimum atomic E-state index is -0.342. The molecular weight excluding hydrogens is 250 g/mol. The maximum Gasteiger partial charge on any atom is 0.419 e. The number of benzene rings is 1. The van der Waals surface area contributed by atoms with E-state index in [-0.39, 0.29) is 11.1 Å². The second-order valence-corrected chi connectivity index (χ2v) is 5.63. The second kappa shape index (κ2) is 4.81. The highest BCUT2D eigenvalue weighted by Gasteiger charge is 2.20. The highest BCUT2D eigenvalue weighted by atomic mass is 35.5. The van der Waals surface area contributed by atoms with E-state index in [2.05, 4.69) is 20.8 Å². The van der Waals surface area contributed by atoms with Gasteiger partial charge in [0.15, 0.2) is 5.58 Å². The first-order valence-electron chi connectivity index (χ1n) is 6.15. The molecular formula is C14H18ClNO2. The van der Waals surface area contributed by atoms with Crippen molar-refractivity contribution in [3.63, 3.8) is 0 Å². The molecule has 0 aliphatic rings. The SMILES string of the molecule is CC(C)C(C)C(Cl)c1ccc2c(c1)oc(=O)n2C. The molecule has 0 spiro atoms. The molecule has 0 saturated heterocycles. The van der Waals surface area contributed by atoms with Gasteiger partial charge in [-0.05, 0) is 29.5 Å². The Hall–Kier alpha value is -1.22. The molecule has 4 heteroatoms. The monoisotopic (exact) mass is 267 g/mol. The lowest BCUT2D eigenvalue weighted by molar-refractivity contribution is 0.406. The summed E-state index contributed by atoms with van der Waals surface area (Å²) in [5, 5.41) is -0.0695. The molecule has 2 rings (SSSR count). The number of oxazole rings is 1. The van der Waals surface area contributed by atoms with Crippen LogP contribution in [-0.2, 0) is 7.05 Å².